The molecule has 0 unspecified atom stereocenters. The highest BCUT2D eigenvalue weighted by Gasteiger charge is 2.29. The summed E-state index contributed by atoms with van der Waals surface area (Å²) in [6.45, 7) is 0.575. The molecule has 0 atom stereocenters. The number of rotatable bonds is 7. The van der Waals surface area contributed by atoms with Gasteiger partial charge >= 0.3 is 0 Å². The highest BCUT2D eigenvalue weighted by Crippen LogP contribution is 2.25. The molecule has 2 aromatic rings. The predicted molar refractivity (Wildman–Crippen MR) is 78.4 cm³/mol. The second kappa shape index (κ2) is 5.82. The number of para-hydroxylation sites is 1. The molecule has 112 valence electrons. The smallest absolute Gasteiger partial charge is 0.242 e. The number of sulfonamides is 1. The van der Waals surface area contributed by atoms with Crippen LogP contribution < -0.4 is 10.0 Å². The van der Waals surface area contributed by atoms with Gasteiger partial charge in [0.25, 0.3) is 0 Å². The molecule has 3 N–H and O–H groups in total. The van der Waals surface area contributed by atoms with Gasteiger partial charge in [-0.2, -0.15) is 5.10 Å². The number of H-pyrrole nitrogens is 1. The molecule has 0 spiro atoms. The van der Waals surface area contributed by atoms with E-state index in [1.54, 1.807) is 18.2 Å². The summed E-state index contributed by atoms with van der Waals surface area (Å²) in [6.07, 6.45) is 3.93. The molecule has 0 radical (unpaired) electrons. The Morgan fingerprint density at radius 3 is 2.81 bits per heavy atom. The number of aromatic amines is 1. The number of hydrogen-bond donors (Lipinski definition) is 3. The molecular weight excluding hydrogens is 290 g/mol. The first kappa shape index (κ1) is 14.0. The number of anilines is 1. The van der Waals surface area contributed by atoms with Crippen LogP contribution in [0.3, 0.4) is 0 Å². The fourth-order valence-corrected chi connectivity index (χ4v) is 3.49. The number of aromatic nitrogens is 3. The summed E-state index contributed by atoms with van der Waals surface area (Å²) in [6, 6.07) is 7.01. The van der Waals surface area contributed by atoms with Gasteiger partial charge < -0.3 is 5.32 Å². The number of hydrogen-bond acceptors (Lipinski definition) is 5. The zero-order valence-corrected chi connectivity index (χ0v) is 12.2. The average molecular weight is 307 g/mol. The van der Waals surface area contributed by atoms with E-state index >= 15 is 0 Å². The Hall–Kier alpha value is -1.93. The molecule has 0 saturated heterocycles. The summed E-state index contributed by atoms with van der Waals surface area (Å²) in [7, 11) is -3.46. The Kier molecular flexibility index (Phi) is 3.89. The molecule has 0 bridgehead atoms. The van der Waals surface area contributed by atoms with Crippen LogP contribution in [0.5, 0.6) is 0 Å². The van der Waals surface area contributed by atoms with Crippen LogP contribution in [-0.2, 0) is 16.4 Å². The lowest BCUT2D eigenvalue weighted by Gasteiger charge is -2.12. The first-order chi connectivity index (χ1) is 10.1. The molecule has 8 heteroatoms. The van der Waals surface area contributed by atoms with Crippen LogP contribution in [0.2, 0.25) is 0 Å². The number of nitrogens with zero attached hydrogens (tertiary/aromatic N) is 2. The van der Waals surface area contributed by atoms with Gasteiger partial charge in [-0.05, 0) is 25.0 Å². The number of nitrogens with one attached hydrogen (secondary N) is 3. The molecule has 1 saturated carbocycles. The lowest BCUT2D eigenvalue weighted by Crippen LogP contribution is -2.26. The first-order valence-corrected chi connectivity index (χ1v) is 8.33. The van der Waals surface area contributed by atoms with E-state index in [2.05, 4.69) is 25.2 Å². The monoisotopic (exact) mass is 307 g/mol. The van der Waals surface area contributed by atoms with E-state index in [0.717, 1.165) is 18.7 Å². The lowest BCUT2D eigenvalue weighted by molar-refractivity contribution is 0.581. The van der Waals surface area contributed by atoms with E-state index in [4.69, 9.17) is 0 Å². The summed E-state index contributed by atoms with van der Waals surface area (Å²) in [5.41, 5.74) is 0.602. The van der Waals surface area contributed by atoms with E-state index in [1.807, 2.05) is 6.07 Å². The van der Waals surface area contributed by atoms with Gasteiger partial charge in [-0.3, -0.25) is 5.10 Å². The Labute approximate surface area is 123 Å². The van der Waals surface area contributed by atoms with E-state index in [9.17, 15) is 8.42 Å². The zero-order valence-electron chi connectivity index (χ0n) is 11.4. The fourth-order valence-electron chi connectivity index (χ4n) is 2.00. The Morgan fingerprint density at radius 1 is 1.29 bits per heavy atom. The maximum atomic E-state index is 12.3. The molecule has 3 rings (SSSR count). The van der Waals surface area contributed by atoms with Crippen molar-refractivity contribution in [2.75, 3.05) is 11.9 Å². The average Bonchev–Trinajstić information content (AvgIpc) is 3.11. The van der Waals surface area contributed by atoms with Crippen molar-refractivity contribution < 1.29 is 8.42 Å². The molecule has 1 fully saturated rings. The molecule has 1 aromatic heterocycles. The van der Waals surface area contributed by atoms with E-state index < -0.39 is 10.0 Å². The van der Waals surface area contributed by atoms with E-state index in [-0.39, 0.29) is 10.9 Å². The van der Waals surface area contributed by atoms with Crippen LogP contribution in [-0.4, -0.2) is 36.2 Å². The van der Waals surface area contributed by atoms with Crippen LogP contribution in [0.4, 0.5) is 5.69 Å². The zero-order chi connectivity index (χ0) is 14.7. The van der Waals surface area contributed by atoms with Crippen molar-refractivity contribution in [2.45, 2.75) is 30.2 Å². The Morgan fingerprint density at radius 2 is 2.10 bits per heavy atom. The Bertz CT molecular complexity index is 695. The van der Waals surface area contributed by atoms with Gasteiger partial charge in [0, 0.05) is 19.0 Å². The van der Waals surface area contributed by atoms with Crippen molar-refractivity contribution >= 4 is 15.7 Å². The van der Waals surface area contributed by atoms with Crippen molar-refractivity contribution in [1.82, 2.24) is 19.9 Å². The molecule has 0 amide bonds. The minimum absolute atomic E-state index is 0.0947. The third-order valence-corrected chi connectivity index (χ3v) is 4.80. The van der Waals surface area contributed by atoms with Crippen LogP contribution in [0.1, 0.15) is 18.7 Å². The molecule has 1 aromatic carbocycles. The van der Waals surface area contributed by atoms with Gasteiger partial charge in [-0.25, -0.2) is 18.1 Å². The van der Waals surface area contributed by atoms with Gasteiger partial charge in [-0.15, -0.1) is 0 Å². The summed E-state index contributed by atoms with van der Waals surface area (Å²) in [5.74, 6) is 0.763. The van der Waals surface area contributed by atoms with Crippen LogP contribution in [0, 0.1) is 0 Å². The van der Waals surface area contributed by atoms with Gasteiger partial charge in [0.05, 0.1) is 5.69 Å². The number of benzene rings is 1. The predicted octanol–water partition coefficient (Wildman–Crippen LogP) is 0.900. The van der Waals surface area contributed by atoms with Crippen LogP contribution >= 0.6 is 0 Å². The van der Waals surface area contributed by atoms with Crippen molar-refractivity contribution in [3.05, 3.63) is 36.4 Å². The van der Waals surface area contributed by atoms with Crippen molar-refractivity contribution in [3.8, 4) is 0 Å². The van der Waals surface area contributed by atoms with E-state index in [0.29, 0.717) is 18.7 Å². The standard InChI is InChI=1S/C13H17N5O2S/c19-21(20,18-10-5-6-10)12-4-2-1-3-11(12)14-8-7-13-15-9-16-17-13/h1-4,9-10,14,18H,5-8H2,(H,15,16,17). The van der Waals surface area contributed by atoms with E-state index in [1.165, 1.54) is 6.33 Å². The third-order valence-electron chi connectivity index (χ3n) is 3.22. The van der Waals surface area contributed by atoms with Crippen molar-refractivity contribution in [1.29, 1.82) is 0 Å². The Balaban J connectivity index is 1.69. The highest BCUT2D eigenvalue weighted by atomic mass is 32.2. The van der Waals surface area contributed by atoms with Gasteiger partial charge in [0.2, 0.25) is 10.0 Å². The minimum Gasteiger partial charge on any atom is -0.383 e. The normalized spacial score (nSPS) is 15.0. The maximum absolute atomic E-state index is 12.3. The molecule has 1 aliphatic rings. The minimum atomic E-state index is -3.46. The summed E-state index contributed by atoms with van der Waals surface area (Å²) in [5, 5.41) is 9.69. The summed E-state index contributed by atoms with van der Waals surface area (Å²) >= 11 is 0. The molecular formula is C13H17N5O2S. The third kappa shape index (κ3) is 3.59. The first-order valence-electron chi connectivity index (χ1n) is 6.84. The molecule has 0 aliphatic heterocycles. The SMILES string of the molecule is O=S(=O)(NC1CC1)c1ccccc1NCCc1ncn[nH]1. The van der Waals surface area contributed by atoms with Gasteiger partial charge in [0.1, 0.15) is 17.0 Å². The topological polar surface area (TPSA) is 99.8 Å². The second-order valence-electron chi connectivity index (χ2n) is 5.00. The second-order valence-corrected chi connectivity index (χ2v) is 6.68. The summed E-state index contributed by atoms with van der Waals surface area (Å²) < 4.78 is 27.3. The van der Waals surface area contributed by atoms with Crippen LogP contribution in [0.15, 0.2) is 35.5 Å². The summed E-state index contributed by atoms with van der Waals surface area (Å²) in [4.78, 5) is 4.32. The molecule has 1 heterocycles. The van der Waals surface area contributed by atoms with Gasteiger partial charge in [-0.1, -0.05) is 12.1 Å². The lowest BCUT2D eigenvalue weighted by atomic mass is 10.3. The molecule has 7 nitrogen and oxygen atoms in total. The van der Waals surface area contributed by atoms with Crippen molar-refractivity contribution in [3.63, 3.8) is 0 Å². The molecule has 1 aliphatic carbocycles. The molecule has 21 heavy (non-hydrogen) atoms. The maximum Gasteiger partial charge on any atom is 0.242 e. The fraction of sp³-hybridized carbons (Fsp3) is 0.385. The largest absolute Gasteiger partial charge is 0.383 e. The van der Waals surface area contributed by atoms with Crippen molar-refractivity contribution in [2.24, 2.45) is 0 Å². The van der Waals surface area contributed by atoms with Gasteiger partial charge in [0.15, 0.2) is 0 Å². The van der Waals surface area contributed by atoms with Crippen LogP contribution in [0.25, 0.3) is 0 Å². The highest BCUT2D eigenvalue weighted by molar-refractivity contribution is 7.89. The quantitative estimate of drug-likeness (QED) is 0.706.